The second-order valence-corrected chi connectivity index (χ2v) is 11.2. The quantitative estimate of drug-likeness (QED) is 0.599. The van der Waals surface area contributed by atoms with Gasteiger partial charge in [-0.1, -0.05) is 18.2 Å². The first-order valence-corrected chi connectivity index (χ1v) is 13.5. The number of carbonyl (C=O) groups is 2. The van der Waals surface area contributed by atoms with Gasteiger partial charge in [0.1, 0.15) is 17.9 Å². The molecule has 0 aliphatic carbocycles. The minimum absolute atomic E-state index is 0.0234. The fraction of sp³-hybridized carbons (Fsp3) is 0.440. The molecule has 2 aromatic carbocycles. The van der Waals surface area contributed by atoms with Gasteiger partial charge in [0.15, 0.2) is 0 Å². The molecule has 9 nitrogen and oxygen atoms in total. The molecule has 1 spiro atoms. The molecule has 2 amide bonds. The van der Waals surface area contributed by atoms with E-state index in [1.165, 1.54) is 16.4 Å². The van der Waals surface area contributed by atoms with E-state index >= 15 is 0 Å². The average molecular weight is 517 g/mol. The highest BCUT2D eigenvalue weighted by Gasteiger charge is 2.55. The van der Waals surface area contributed by atoms with Crippen LogP contribution in [0.25, 0.3) is 0 Å². The molecule has 0 radical (unpaired) electrons. The number of ether oxygens (including phenoxy) is 1. The number of hydrogen-bond acceptors (Lipinski definition) is 6. The van der Waals surface area contributed by atoms with Crippen LogP contribution in [-0.4, -0.2) is 92.5 Å². The zero-order valence-corrected chi connectivity index (χ0v) is 20.7. The van der Waals surface area contributed by atoms with E-state index in [1.807, 2.05) is 35.2 Å². The maximum Gasteiger partial charge on any atom is 0.250 e. The van der Waals surface area contributed by atoms with Crippen molar-refractivity contribution in [2.75, 3.05) is 57.5 Å². The van der Waals surface area contributed by atoms with E-state index in [4.69, 9.17) is 4.74 Å². The number of nitrogens with zero attached hydrogens (tertiary/aromatic N) is 4. The minimum atomic E-state index is -3.82. The van der Waals surface area contributed by atoms with Crippen LogP contribution in [0.1, 0.15) is 12.8 Å². The number of halogens is 1. The molecule has 0 N–H and O–H groups in total. The molecule has 192 valence electrons. The molecule has 3 heterocycles. The highest BCUT2D eigenvalue weighted by atomic mass is 32.2. The van der Waals surface area contributed by atoms with Gasteiger partial charge in [0, 0.05) is 31.9 Å². The van der Waals surface area contributed by atoms with Crippen molar-refractivity contribution in [1.82, 2.24) is 14.1 Å². The predicted octanol–water partition coefficient (Wildman–Crippen LogP) is 1.51. The molecule has 2 aromatic rings. The Bertz CT molecular complexity index is 1210. The predicted molar refractivity (Wildman–Crippen MR) is 130 cm³/mol. The minimum Gasteiger partial charge on any atom is -0.378 e. The van der Waals surface area contributed by atoms with Crippen molar-refractivity contribution >= 4 is 27.5 Å². The first-order chi connectivity index (χ1) is 17.3. The van der Waals surface area contributed by atoms with E-state index in [0.29, 0.717) is 26.3 Å². The topological polar surface area (TPSA) is 90.5 Å². The van der Waals surface area contributed by atoms with Crippen molar-refractivity contribution in [3.63, 3.8) is 0 Å². The van der Waals surface area contributed by atoms with Crippen molar-refractivity contribution in [2.24, 2.45) is 0 Å². The monoisotopic (exact) mass is 516 g/mol. The molecular formula is C25H29FN4O5S. The normalized spacial score (nSPS) is 20.8. The number of amides is 2. The lowest BCUT2D eigenvalue weighted by Gasteiger charge is -2.42. The Morgan fingerprint density at radius 3 is 2.22 bits per heavy atom. The summed E-state index contributed by atoms with van der Waals surface area (Å²) in [5.41, 5.74) is -0.0939. The molecule has 0 bridgehead atoms. The Morgan fingerprint density at radius 2 is 1.58 bits per heavy atom. The first kappa shape index (κ1) is 24.7. The third-order valence-electron chi connectivity index (χ3n) is 7.27. The SMILES string of the molecule is O=C(CN1CN(c2ccccc2)C2(CCN(S(=O)(=O)c3ccc(F)cc3)CC2)C1=O)N1CCOCC1. The van der Waals surface area contributed by atoms with Gasteiger partial charge in [-0.25, -0.2) is 12.8 Å². The van der Waals surface area contributed by atoms with Crippen LogP contribution >= 0.6 is 0 Å². The fourth-order valence-corrected chi connectivity index (χ4v) is 6.69. The van der Waals surface area contributed by atoms with E-state index in [1.54, 1.807) is 9.80 Å². The van der Waals surface area contributed by atoms with E-state index < -0.39 is 21.4 Å². The smallest absolute Gasteiger partial charge is 0.250 e. The van der Waals surface area contributed by atoms with Gasteiger partial charge < -0.3 is 19.4 Å². The van der Waals surface area contributed by atoms with Crippen molar-refractivity contribution < 1.29 is 27.1 Å². The molecule has 36 heavy (non-hydrogen) atoms. The van der Waals surface area contributed by atoms with Gasteiger partial charge in [-0.2, -0.15) is 4.31 Å². The molecule has 0 aromatic heterocycles. The highest BCUT2D eigenvalue weighted by Crippen LogP contribution is 2.40. The third-order valence-corrected chi connectivity index (χ3v) is 9.19. The van der Waals surface area contributed by atoms with Crippen molar-refractivity contribution in [3.8, 4) is 0 Å². The Kier molecular flexibility index (Phi) is 6.71. The average Bonchev–Trinajstić information content (AvgIpc) is 3.16. The van der Waals surface area contributed by atoms with Crippen LogP contribution < -0.4 is 4.90 Å². The summed E-state index contributed by atoms with van der Waals surface area (Å²) in [7, 11) is -3.82. The summed E-state index contributed by atoms with van der Waals surface area (Å²) in [6, 6.07) is 14.3. The highest BCUT2D eigenvalue weighted by molar-refractivity contribution is 7.89. The summed E-state index contributed by atoms with van der Waals surface area (Å²) >= 11 is 0. The lowest BCUT2D eigenvalue weighted by Crippen LogP contribution is -2.57. The van der Waals surface area contributed by atoms with Gasteiger partial charge in [-0.3, -0.25) is 9.59 Å². The maximum absolute atomic E-state index is 13.8. The van der Waals surface area contributed by atoms with E-state index in [0.717, 1.165) is 17.8 Å². The van der Waals surface area contributed by atoms with Gasteiger partial charge >= 0.3 is 0 Å². The molecule has 0 unspecified atom stereocenters. The Labute approximate surface area is 210 Å². The van der Waals surface area contributed by atoms with Gasteiger partial charge in [0.2, 0.25) is 21.8 Å². The van der Waals surface area contributed by atoms with E-state index in [2.05, 4.69) is 0 Å². The number of morpholine rings is 1. The first-order valence-electron chi connectivity index (χ1n) is 12.0. The lowest BCUT2D eigenvalue weighted by atomic mass is 9.86. The zero-order valence-electron chi connectivity index (χ0n) is 19.9. The molecule has 3 saturated heterocycles. The van der Waals surface area contributed by atoms with E-state index in [-0.39, 0.29) is 55.9 Å². The Hall–Kier alpha value is -3.02. The maximum atomic E-state index is 13.8. The molecule has 0 atom stereocenters. The molecule has 3 aliphatic heterocycles. The Balaban J connectivity index is 1.37. The van der Waals surface area contributed by atoms with Gasteiger partial charge in [-0.05, 0) is 49.2 Å². The van der Waals surface area contributed by atoms with Crippen LogP contribution in [0.4, 0.5) is 10.1 Å². The van der Waals surface area contributed by atoms with Gasteiger partial charge in [0.25, 0.3) is 0 Å². The van der Waals surface area contributed by atoms with Gasteiger partial charge in [0.05, 0.1) is 24.8 Å². The largest absolute Gasteiger partial charge is 0.378 e. The Morgan fingerprint density at radius 1 is 0.944 bits per heavy atom. The van der Waals surface area contributed by atoms with Crippen molar-refractivity contribution in [2.45, 2.75) is 23.3 Å². The molecular weight excluding hydrogens is 487 g/mol. The number of benzene rings is 2. The number of piperidine rings is 1. The number of hydrogen-bond donors (Lipinski definition) is 0. The number of anilines is 1. The van der Waals surface area contributed by atoms with E-state index in [9.17, 15) is 22.4 Å². The van der Waals surface area contributed by atoms with Gasteiger partial charge in [-0.15, -0.1) is 0 Å². The molecule has 3 fully saturated rings. The second-order valence-electron chi connectivity index (χ2n) is 9.29. The number of sulfonamides is 1. The summed E-state index contributed by atoms with van der Waals surface area (Å²) in [4.78, 5) is 32.1. The summed E-state index contributed by atoms with van der Waals surface area (Å²) in [5.74, 6) is -0.784. The molecule has 11 heteroatoms. The zero-order chi connectivity index (χ0) is 25.3. The molecule has 0 saturated carbocycles. The number of rotatable bonds is 5. The third kappa shape index (κ3) is 4.46. The van der Waals surface area contributed by atoms with Crippen molar-refractivity contribution in [3.05, 3.63) is 60.4 Å². The number of carbonyl (C=O) groups excluding carboxylic acids is 2. The fourth-order valence-electron chi connectivity index (χ4n) is 5.25. The van der Waals surface area contributed by atoms with Crippen LogP contribution in [0.3, 0.4) is 0 Å². The second kappa shape index (κ2) is 9.79. The lowest BCUT2D eigenvalue weighted by molar-refractivity contribution is -0.143. The van der Waals surface area contributed by atoms with Crippen LogP contribution in [0.2, 0.25) is 0 Å². The summed E-state index contributed by atoms with van der Waals surface area (Å²) in [6.45, 7) is 2.48. The van der Waals surface area contributed by atoms with Crippen LogP contribution in [0, 0.1) is 5.82 Å². The summed E-state index contributed by atoms with van der Waals surface area (Å²) in [6.07, 6.45) is 0.562. The molecule has 5 rings (SSSR count). The van der Waals surface area contributed by atoms with Crippen molar-refractivity contribution in [1.29, 1.82) is 0 Å². The summed E-state index contributed by atoms with van der Waals surface area (Å²) < 4.78 is 46.3. The van der Waals surface area contributed by atoms with Crippen LogP contribution in [0.5, 0.6) is 0 Å². The van der Waals surface area contributed by atoms with Crippen LogP contribution in [-0.2, 0) is 24.3 Å². The standard InChI is InChI=1S/C25H29FN4O5S/c26-20-6-8-22(9-7-20)36(33,34)29-12-10-25(11-13-29)24(32)28(18-23(31)27-14-16-35-17-15-27)19-30(25)21-4-2-1-3-5-21/h1-9H,10-19H2. The molecule has 3 aliphatic rings. The number of para-hydroxylation sites is 1. The van der Waals surface area contributed by atoms with Crippen LogP contribution in [0.15, 0.2) is 59.5 Å². The summed E-state index contributed by atoms with van der Waals surface area (Å²) in [5, 5.41) is 0.